The first kappa shape index (κ1) is 16.2. The lowest BCUT2D eigenvalue weighted by Gasteiger charge is -2.09. The van der Waals surface area contributed by atoms with Crippen molar-refractivity contribution in [2.24, 2.45) is 0 Å². The van der Waals surface area contributed by atoms with Crippen LogP contribution in [0.25, 0.3) is 10.4 Å². The molecule has 1 aliphatic rings. The highest BCUT2D eigenvalue weighted by atomic mass is 32.1. The molecule has 6 heteroatoms. The minimum Gasteiger partial charge on any atom is -0.497 e. The van der Waals surface area contributed by atoms with E-state index >= 15 is 0 Å². The molecule has 1 unspecified atom stereocenters. The summed E-state index contributed by atoms with van der Waals surface area (Å²) in [4.78, 5) is 5.58. The van der Waals surface area contributed by atoms with E-state index in [1.807, 2.05) is 24.4 Å². The predicted molar refractivity (Wildman–Crippen MR) is 91.3 cm³/mol. The lowest BCUT2D eigenvalue weighted by molar-refractivity contribution is 0.110. The second-order valence-corrected chi connectivity index (χ2v) is 6.57. The number of nitrogens with one attached hydrogen (secondary N) is 1. The molecular formula is C17H22N2O3S. The zero-order valence-corrected chi connectivity index (χ0v) is 14.3. The van der Waals surface area contributed by atoms with Gasteiger partial charge in [0.25, 0.3) is 0 Å². The van der Waals surface area contributed by atoms with E-state index < -0.39 is 0 Å². The Morgan fingerprint density at radius 2 is 2.26 bits per heavy atom. The molecule has 2 aromatic rings. The van der Waals surface area contributed by atoms with Crippen molar-refractivity contribution in [3.63, 3.8) is 0 Å². The van der Waals surface area contributed by atoms with Crippen LogP contribution < -0.4 is 14.8 Å². The van der Waals surface area contributed by atoms with Gasteiger partial charge in [0, 0.05) is 31.5 Å². The Kier molecular flexibility index (Phi) is 5.48. The average Bonchev–Trinajstić information content (AvgIpc) is 3.26. The van der Waals surface area contributed by atoms with Crippen molar-refractivity contribution in [2.45, 2.75) is 25.5 Å². The Bertz CT molecular complexity index is 639. The molecule has 0 spiro atoms. The smallest absolute Gasteiger partial charge is 0.127 e. The van der Waals surface area contributed by atoms with Crippen LogP contribution in [-0.4, -0.2) is 38.5 Å². The fraction of sp³-hybridized carbons (Fsp3) is 0.471. The normalized spacial score (nSPS) is 17.4. The highest BCUT2D eigenvalue weighted by molar-refractivity contribution is 7.15. The molecule has 5 nitrogen and oxygen atoms in total. The summed E-state index contributed by atoms with van der Waals surface area (Å²) < 4.78 is 16.4. The van der Waals surface area contributed by atoms with Gasteiger partial charge in [-0.15, -0.1) is 11.3 Å². The number of thiazole rings is 1. The molecule has 23 heavy (non-hydrogen) atoms. The van der Waals surface area contributed by atoms with E-state index in [0.717, 1.165) is 53.1 Å². The maximum atomic E-state index is 5.61. The molecule has 1 N–H and O–H groups in total. The third kappa shape index (κ3) is 4.02. The summed E-state index contributed by atoms with van der Waals surface area (Å²) in [5, 5.41) is 4.48. The van der Waals surface area contributed by atoms with Gasteiger partial charge in [-0.1, -0.05) is 0 Å². The van der Waals surface area contributed by atoms with Crippen molar-refractivity contribution in [3.8, 4) is 21.9 Å². The molecule has 2 heterocycles. The molecule has 1 atom stereocenters. The summed E-state index contributed by atoms with van der Waals surface area (Å²) >= 11 is 1.67. The first-order valence-corrected chi connectivity index (χ1v) is 8.61. The van der Waals surface area contributed by atoms with Crippen LogP contribution in [0.1, 0.15) is 17.8 Å². The SMILES string of the molecule is COc1ccc(OC)c(-c2cnc(CNCC3CCCO3)s2)c1. The van der Waals surface area contributed by atoms with Crippen molar-refractivity contribution < 1.29 is 14.2 Å². The van der Waals surface area contributed by atoms with Gasteiger partial charge in [0.1, 0.15) is 16.5 Å². The summed E-state index contributed by atoms with van der Waals surface area (Å²) in [7, 11) is 3.34. The zero-order valence-electron chi connectivity index (χ0n) is 13.5. The lowest BCUT2D eigenvalue weighted by Crippen LogP contribution is -2.25. The van der Waals surface area contributed by atoms with Crippen molar-refractivity contribution in [1.29, 1.82) is 0 Å². The first-order valence-electron chi connectivity index (χ1n) is 7.79. The number of hydrogen-bond acceptors (Lipinski definition) is 6. The van der Waals surface area contributed by atoms with Crippen molar-refractivity contribution in [1.82, 2.24) is 10.3 Å². The van der Waals surface area contributed by atoms with Crippen LogP contribution >= 0.6 is 11.3 Å². The second-order valence-electron chi connectivity index (χ2n) is 5.45. The van der Waals surface area contributed by atoms with Crippen LogP contribution in [0.2, 0.25) is 0 Å². The molecule has 124 valence electrons. The van der Waals surface area contributed by atoms with E-state index in [9.17, 15) is 0 Å². The number of rotatable bonds is 7. The Hall–Kier alpha value is -1.63. The van der Waals surface area contributed by atoms with E-state index in [-0.39, 0.29) is 0 Å². The number of aromatic nitrogens is 1. The molecule has 1 fully saturated rings. The molecular weight excluding hydrogens is 312 g/mol. The van der Waals surface area contributed by atoms with Crippen molar-refractivity contribution >= 4 is 11.3 Å². The molecule has 1 saturated heterocycles. The van der Waals surface area contributed by atoms with Gasteiger partial charge in [-0.3, -0.25) is 0 Å². The van der Waals surface area contributed by atoms with Crippen LogP contribution in [0.4, 0.5) is 0 Å². The highest BCUT2D eigenvalue weighted by Crippen LogP contribution is 2.36. The van der Waals surface area contributed by atoms with E-state index in [4.69, 9.17) is 14.2 Å². The Balaban J connectivity index is 1.66. The molecule has 0 aliphatic carbocycles. The summed E-state index contributed by atoms with van der Waals surface area (Å²) in [6.07, 6.45) is 4.57. The average molecular weight is 334 g/mol. The number of ether oxygens (including phenoxy) is 3. The van der Waals surface area contributed by atoms with E-state index in [0.29, 0.717) is 6.10 Å². The van der Waals surface area contributed by atoms with Crippen molar-refractivity contribution in [3.05, 3.63) is 29.4 Å². The van der Waals surface area contributed by atoms with Gasteiger partial charge in [0.15, 0.2) is 0 Å². The fourth-order valence-corrected chi connectivity index (χ4v) is 3.58. The second kappa shape index (κ2) is 7.77. The maximum Gasteiger partial charge on any atom is 0.127 e. The van der Waals surface area contributed by atoms with E-state index in [1.54, 1.807) is 25.6 Å². The Morgan fingerprint density at radius 3 is 3.00 bits per heavy atom. The molecule has 1 aromatic heterocycles. The van der Waals surface area contributed by atoms with Crippen LogP contribution in [0.5, 0.6) is 11.5 Å². The van der Waals surface area contributed by atoms with Gasteiger partial charge in [0.2, 0.25) is 0 Å². The van der Waals surface area contributed by atoms with Crippen LogP contribution in [-0.2, 0) is 11.3 Å². The molecule has 1 aliphatic heterocycles. The Morgan fingerprint density at radius 1 is 1.35 bits per heavy atom. The van der Waals surface area contributed by atoms with E-state index in [1.165, 1.54) is 6.42 Å². The summed E-state index contributed by atoms with van der Waals surface area (Å²) in [5.41, 5.74) is 1.01. The largest absolute Gasteiger partial charge is 0.497 e. The summed E-state index contributed by atoms with van der Waals surface area (Å²) in [6, 6.07) is 5.80. The van der Waals surface area contributed by atoms with Crippen molar-refractivity contribution in [2.75, 3.05) is 27.4 Å². The van der Waals surface area contributed by atoms with Gasteiger partial charge in [-0.05, 0) is 31.0 Å². The molecule has 0 saturated carbocycles. The summed E-state index contributed by atoms with van der Waals surface area (Å²) in [6.45, 7) is 2.54. The standard InChI is InChI=1S/C17H22N2O3S/c1-20-12-5-6-15(21-2)14(8-12)16-10-19-17(23-16)11-18-9-13-4-3-7-22-13/h5-6,8,10,13,18H,3-4,7,9,11H2,1-2H3. The topological polar surface area (TPSA) is 52.6 Å². The fourth-order valence-electron chi connectivity index (χ4n) is 2.67. The highest BCUT2D eigenvalue weighted by Gasteiger charge is 2.15. The van der Waals surface area contributed by atoms with Gasteiger partial charge in [-0.2, -0.15) is 0 Å². The third-order valence-electron chi connectivity index (χ3n) is 3.90. The molecule has 0 bridgehead atoms. The predicted octanol–water partition coefficient (Wildman–Crippen LogP) is 3.10. The minimum atomic E-state index is 0.355. The van der Waals surface area contributed by atoms with Gasteiger partial charge >= 0.3 is 0 Å². The maximum absolute atomic E-state index is 5.61. The minimum absolute atomic E-state index is 0.355. The molecule has 3 rings (SSSR count). The van der Waals surface area contributed by atoms with Gasteiger partial charge < -0.3 is 19.5 Å². The zero-order chi connectivity index (χ0) is 16.1. The number of nitrogens with zero attached hydrogens (tertiary/aromatic N) is 1. The molecule has 0 amide bonds. The number of hydrogen-bond donors (Lipinski definition) is 1. The third-order valence-corrected chi connectivity index (χ3v) is 4.93. The van der Waals surface area contributed by atoms with Crippen LogP contribution in [0.3, 0.4) is 0 Å². The van der Waals surface area contributed by atoms with Gasteiger partial charge in [-0.25, -0.2) is 4.98 Å². The molecule has 1 aromatic carbocycles. The Labute approximate surface area is 140 Å². The first-order chi connectivity index (χ1) is 11.3. The quantitative estimate of drug-likeness (QED) is 0.843. The van der Waals surface area contributed by atoms with Crippen LogP contribution in [0.15, 0.2) is 24.4 Å². The molecule has 0 radical (unpaired) electrons. The van der Waals surface area contributed by atoms with E-state index in [2.05, 4.69) is 10.3 Å². The monoisotopic (exact) mass is 334 g/mol. The lowest BCUT2D eigenvalue weighted by atomic mass is 10.1. The number of methoxy groups -OCH3 is 2. The van der Waals surface area contributed by atoms with Crippen LogP contribution in [0, 0.1) is 0 Å². The number of benzene rings is 1. The van der Waals surface area contributed by atoms with Gasteiger partial charge in [0.05, 0.1) is 25.2 Å². The summed E-state index contributed by atoms with van der Waals surface area (Å²) in [5.74, 6) is 1.64.